The number of hydrogen-bond donors (Lipinski definition) is 7. The zero-order valence-corrected chi connectivity index (χ0v) is 45.2. The number of unbranched alkanes of at least 4 members (excludes halogenated alkanes) is 20. The van der Waals surface area contributed by atoms with Crippen molar-refractivity contribution in [2.45, 2.75) is 243 Å². The van der Waals surface area contributed by atoms with Crippen molar-refractivity contribution >= 4 is 33.4 Å². The normalized spacial score (nSPS) is 20.1. The van der Waals surface area contributed by atoms with Crippen LogP contribution in [0.1, 0.15) is 207 Å². The van der Waals surface area contributed by atoms with E-state index in [2.05, 4.69) is 30.1 Å². The lowest BCUT2D eigenvalue weighted by molar-refractivity contribution is -0.161. The van der Waals surface area contributed by atoms with E-state index in [0.717, 1.165) is 80.9 Å². The highest BCUT2D eigenvalue weighted by Crippen LogP contribution is 2.60. The summed E-state index contributed by atoms with van der Waals surface area (Å²) in [6, 6.07) is 1.24. The molecule has 0 saturated carbocycles. The SMILES string of the molecule is CCCCC/C=C\C[C@H](O)[C@@H](O)CCCCCCCC(=O)O[C@H](COC(=O)CCCCCCCCCCCCCCCCC(C)C)COP(=O)(O)OP(=O)(O)OC[C@H]1O[C@@H](n2ccc(N)nc2=O)[C@H](O)[C@@H]1O. The molecule has 72 heavy (non-hydrogen) atoms. The molecule has 0 aliphatic carbocycles. The number of nitrogens with two attached hydrogens (primary N) is 1. The topological polar surface area (TPSA) is 306 Å². The summed E-state index contributed by atoms with van der Waals surface area (Å²) in [5, 5.41) is 41.5. The summed E-state index contributed by atoms with van der Waals surface area (Å²) in [4.78, 5) is 62.0. The minimum absolute atomic E-state index is 0.0455. The number of anilines is 1. The van der Waals surface area contributed by atoms with Gasteiger partial charge >= 0.3 is 33.3 Å². The molecule has 2 heterocycles. The van der Waals surface area contributed by atoms with Gasteiger partial charge in [0.15, 0.2) is 12.3 Å². The lowest BCUT2D eigenvalue weighted by atomic mass is 10.0. The molecule has 9 atom stereocenters. The number of aliphatic hydroxyl groups excluding tert-OH is 4. The Morgan fingerprint density at radius 1 is 0.736 bits per heavy atom. The third kappa shape index (κ3) is 30.7. The van der Waals surface area contributed by atoms with Gasteiger partial charge in [-0.1, -0.05) is 161 Å². The van der Waals surface area contributed by atoms with E-state index in [9.17, 15) is 53.7 Å². The standard InChI is InChI=1S/C50H91N3O17P2/c1-4-5-6-7-20-25-30-41(54)42(55)31-26-21-18-23-28-33-46(57)68-40(36-65-45(56)32-27-22-17-15-13-11-9-8-10-12-14-16-19-24-29-39(2)3)37-66-71(61,62)70-72(63,64)67-38-43-47(58)48(59)49(69-43)53-35-34-44(51)52-50(53)60/h20,25,34-35,39-43,47-49,54-55,58-59H,4-19,21-24,26-33,36-38H2,1-3H3,(H,61,62)(H,63,64)(H2,51,52,60)/b25-20-/t40-,41+,42+,43-,47-,48-,49-/m1/s1. The molecular weight excluding hydrogens is 977 g/mol. The fraction of sp³-hybridized carbons (Fsp3) is 0.840. The fourth-order valence-electron chi connectivity index (χ4n) is 8.17. The lowest BCUT2D eigenvalue weighted by Gasteiger charge is -2.21. The summed E-state index contributed by atoms with van der Waals surface area (Å²) in [6.45, 7) is 4.29. The monoisotopic (exact) mass is 1070 g/mol. The van der Waals surface area contributed by atoms with E-state index in [-0.39, 0.29) is 18.7 Å². The molecule has 8 N–H and O–H groups in total. The molecule has 0 amide bonds. The maximum Gasteiger partial charge on any atom is 0.481 e. The lowest BCUT2D eigenvalue weighted by Crippen LogP contribution is -2.36. The first-order valence-electron chi connectivity index (χ1n) is 26.7. The van der Waals surface area contributed by atoms with Gasteiger partial charge in [-0.15, -0.1) is 0 Å². The van der Waals surface area contributed by atoms with Gasteiger partial charge in [-0.2, -0.15) is 9.29 Å². The Balaban J connectivity index is 1.81. The Hall–Kier alpha value is -2.58. The van der Waals surface area contributed by atoms with E-state index in [4.69, 9.17) is 29.0 Å². The van der Waals surface area contributed by atoms with Crippen LogP contribution in [0.3, 0.4) is 0 Å². The average Bonchev–Trinajstić information content (AvgIpc) is 3.60. The summed E-state index contributed by atoms with van der Waals surface area (Å²) in [5.41, 5.74) is 4.58. The molecule has 1 saturated heterocycles. The van der Waals surface area contributed by atoms with Gasteiger partial charge in [0.25, 0.3) is 0 Å². The molecule has 1 aliphatic heterocycles. The number of rotatable bonds is 44. The number of carbonyl (C=O) groups is 2. The maximum atomic E-state index is 12.9. The molecule has 1 aromatic rings. The molecule has 2 unspecified atom stereocenters. The second kappa shape index (κ2) is 38.0. The first-order chi connectivity index (χ1) is 34.3. The van der Waals surface area contributed by atoms with Crippen LogP contribution in [0.15, 0.2) is 29.2 Å². The zero-order chi connectivity index (χ0) is 53.2. The summed E-state index contributed by atoms with van der Waals surface area (Å²) >= 11 is 0. The van der Waals surface area contributed by atoms with Crippen molar-refractivity contribution < 1.29 is 76.5 Å². The molecule has 0 spiro atoms. The minimum atomic E-state index is -5.45. The summed E-state index contributed by atoms with van der Waals surface area (Å²) < 4.78 is 56.8. The largest absolute Gasteiger partial charge is 0.481 e. The second-order valence-corrected chi connectivity index (χ2v) is 22.6. The maximum absolute atomic E-state index is 12.9. The van der Waals surface area contributed by atoms with Crippen molar-refractivity contribution in [1.82, 2.24) is 9.55 Å². The number of nitrogen functional groups attached to an aromatic ring is 1. The van der Waals surface area contributed by atoms with Gasteiger partial charge in [0.05, 0.1) is 25.4 Å². The minimum Gasteiger partial charge on any atom is -0.462 e. The number of aliphatic hydroxyl groups is 4. The second-order valence-electron chi connectivity index (χ2n) is 19.5. The van der Waals surface area contributed by atoms with Gasteiger partial charge in [0.2, 0.25) is 0 Å². The Labute approximate surface area is 428 Å². The van der Waals surface area contributed by atoms with E-state index < -0.39 is 95.9 Å². The quantitative estimate of drug-likeness (QED) is 0.0139. The van der Waals surface area contributed by atoms with Gasteiger partial charge in [-0.05, 0) is 50.5 Å². The number of nitrogens with zero attached hydrogens (tertiary/aromatic N) is 2. The number of allylic oxidation sites excluding steroid dienone is 1. The van der Waals surface area contributed by atoms with Gasteiger partial charge in [-0.25, -0.2) is 13.9 Å². The first kappa shape index (κ1) is 65.5. The summed E-state index contributed by atoms with van der Waals surface area (Å²) in [5.74, 6) is -0.617. The average molecular weight is 1070 g/mol. The number of phosphoric acid groups is 2. The van der Waals surface area contributed by atoms with E-state index in [0.29, 0.717) is 38.5 Å². The Morgan fingerprint density at radius 2 is 1.28 bits per heavy atom. The number of ether oxygens (including phenoxy) is 3. The van der Waals surface area contributed by atoms with Crippen molar-refractivity contribution in [3.8, 4) is 0 Å². The molecular formula is C50H91N3O17P2. The molecule has 22 heteroatoms. The number of hydrogen-bond acceptors (Lipinski definition) is 17. The molecule has 2 rings (SSSR count). The Morgan fingerprint density at radius 3 is 1.85 bits per heavy atom. The van der Waals surface area contributed by atoms with Crippen molar-refractivity contribution in [1.29, 1.82) is 0 Å². The highest BCUT2D eigenvalue weighted by Gasteiger charge is 2.46. The van der Waals surface area contributed by atoms with Crippen LogP contribution in [0.5, 0.6) is 0 Å². The molecule has 0 aromatic carbocycles. The molecule has 418 valence electrons. The highest BCUT2D eigenvalue weighted by molar-refractivity contribution is 7.61. The smallest absolute Gasteiger partial charge is 0.462 e. The van der Waals surface area contributed by atoms with Gasteiger partial charge in [0, 0.05) is 19.0 Å². The van der Waals surface area contributed by atoms with Crippen LogP contribution < -0.4 is 11.4 Å². The van der Waals surface area contributed by atoms with Crippen molar-refractivity contribution in [2.24, 2.45) is 5.92 Å². The summed E-state index contributed by atoms with van der Waals surface area (Å²) in [7, 11) is -10.9. The van der Waals surface area contributed by atoms with E-state index in [1.165, 1.54) is 70.3 Å². The van der Waals surface area contributed by atoms with E-state index in [1.807, 2.05) is 12.2 Å². The fourth-order valence-corrected chi connectivity index (χ4v) is 10.3. The Kier molecular flexibility index (Phi) is 34.6. The highest BCUT2D eigenvalue weighted by atomic mass is 31.3. The molecule has 1 aromatic heterocycles. The van der Waals surface area contributed by atoms with Crippen LogP contribution in [-0.2, 0) is 46.3 Å². The molecule has 0 radical (unpaired) electrons. The van der Waals surface area contributed by atoms with Gasteiger partial charge in [-0.3, -0.25) is 23.2 Å². The third-order valence-electron chi connectivity index (χ3n) is 12.5. The van der Waals surface area contributed by atoms with Gasteiger partial charge < -0.3 is 50.2 Å². The molecule has 1 aliphatic rings. The first-order valence-corrected chi connectivity index (χ1v) is 29.7. The number of aromatic nitrogens is 2. The number of phosphoric ester groups is 2. The van der Waals surface area contributed by atoms with Crippen molar-refractivity contribution in [2.75, 3.05) is 25.6 Å². The predicted molar refractivity (Wildman–Crippen MR) is 273 cm³/mol. The van der Waals surface area contributed by atoms with Crippen LogP contribution in [0.4, 0.5) is 5.82 Å². The van der Waals surface area contributed by atoms with E-state index in [1.54, 1.807) is 0 Å². The Bertz CT molecular complexity index is 1810. The van der Waals surface area contributed by atoms with Crippen molar-refractivity contribution in [3.63, 3.8) is 0 Å². The third-order valence-corrected chi connectivity index (χ3v) is 15.1. The number of esters is 2. The molecule has 0 bridgehead atoms. The van der Waals surface area contributed by atoms with Crippen LogP contribution >= 0.6 is 15.6 Å². The predicted octanol–water partition coefficient (Wildman–Crippen LogP) is 9.03. The zero-order valence-electron chi connectivity index (χ0n) is 43.4. The van der Waals surface area contributed by atoms with Crippen LogP contribution in [-0.4, -0.2) is 108 Å². The van der Waals surface area contributed by atoms with Crippen LogP contribution in [0.25, 0.3) is 0 Å². The number of carbonyl (C=O) groups excluding carboxylic acids is 2. The molecule has 20 nitrogen and oxygen atoms in total. The van der Waals surface area contributed by atoms with E-state index >= 15 is 0 Å². The summed E-state index contributed by atoms with van der Waals surface area (Å²) in [6.07, 6.45) is 21.6. The van der Waals surface area contributed by atoms with Gasteiger partial charge in [0.1, 0.15) is 30.7 Å². The van der Waals surface area contributed by atoms with Crippen molar-refractivity contribution in [3.05, 3.63) is 34.9 Å². The molecule has 1 fully saturated rings. The van der Waals surface area contributed by atoms with Crippen LogP contribution in [0, 0.1) is 5.92 Å². The van der Waals surface area contributed by atoms with Crippen LogP contribution in [0.2, 0.25) is 0 Å².